The molecule has 0 fully saturated rings. The Morgan fingerprint density at radius 2 is 1.95 bits per heavy atom. The van der Waals surface area contributed by atoms with Gasteiger partial charge in [0.1, 0.15) is 0 Å². The van der Waals surface area contributed by atoms with E-state index in [4.69, 9.17) is 4.74 Å². The topological polar surface area (TPSA) is 24.5 Å². The van der Waals surface area contributed by atoms with Crippen LogP contribution in [0.15, 0.2) is 18.2 Å². The van der Waals surface area contributed by atoms with E-state index in [9.17, 15) is 8.78 Å². The van der Waals surface area contributed by atoms with Gasteiger partial charge in [-0.1, -0.05) is 6.07 Å². The smallest absolute Gasteiger partial charge is 0.159 e. The third-order valence-corrected chi connectivity index (χ3v) is 2.82. The summed E-state index contributed by atoms with van der Waals surface area (Å²) in [5.74, 6) is -1.63. The Morgan fingerprint density at radius 3 is 2.58 bits per heavy atom. The fourth-order valence-corrected chi connectivity index (χ4v) is 1.60. The van der Waals surface area contributed by atoms with Gasteiger partial charge in [-0.25, -0.2) is 8.78 Å². The summed E-state index contributed by atoms with van der Waals surface area (Å²) in [6, 6.07) is 3.92. The summed E-state index contributed by atoms with van der Waals surface area (Å²) in [5, 5.41) is 3.21. The Bertz CT molecular complexity index is 386. The molecular formula is C14H22F2N2O. The zero-order valence-corrected chi connectivity index (χ0v) is 11.7. The average molecular weight is 272 g/mol. The Kier molecular flexibility index (Phi) is 6.91. The minimum absolute atomic E-state index is 0.0347. The van der Waals surface area contributed by atoms with Crippen molar-refractivity contribution >= 4 is 0 Å². The van der Waals surface area contributed by atoms with Gasteiger partial charge in [-0.15, -0.1) is 0 Å². The van der Waals surface area contributed by atoms with Crippen LogP contribution in [0.4, 0.5) is 8.78 Å². The van der Waals surface area contributed by atoms with Gasteiger partial charge in [0, 0.05) is 19.1 Å². The summed E-state index contributed by atoms with van der Waals surface area (Å²) in [7, 11) is 3.99. The second-order valence-electron chi connectivity index (χ2n) is 4.77. The second-order valence-corrected chi connectivity index (χ2v) is 4.77. The lowest BCUT2D eigenvalue weighted by molar-refractivity contribution is 0.118. The fraction of sp³-hybridized carbons (Fsp3) is 0.571. The van der Waals surface area contributed by atoms with Gasteiger partial charge in [0.2, 0.25) is 0 Å². The maximum Gasteiger partial charge on any atom is 0.159 e. The number of benzene rings is 1. The number of nitrogens with zero attached hydrogens (tertiary/aromatic N) is 1. The maximum absolute atomic E-state index is 13.1. The van der Waals surface area contributed by atoms with E-state index in [1.165, 1.54) is 6.07 Å². The number of rotatable bonds is 8. The van der Waals surface area contributed by atoms with Gasteiger partial charge >= 0.3 is 0 Å². The molecule has 3 nitrogen and oxygen atoms in total. The molecule has 5 heteroatoms. The second kappa shape index (κ2) is 8.19. The third-order valence-electron chi connectivity index (χ3n) is 2.82. The maximum atomic E-state index is 13.1. The monoisotopic (exact) mass is 272 g/mol. The van der Waals surface area contributed by atoms with Crippen molar-refractivity contribution in [3.8, 4) is 0 Å². The van der Waals surface area contributed by atoms with Crippen LogP contribution in [-0.4, -0.2) is 45.3 Å². The van der Waals surface area contributed by atoms with Crippen LogP contribution in [0.2, 0.25) is 0 Å². The van der Waals surface area contributed by atoms with E-state index < -0.39 is 11.6 Å². The van der Waals surface area contributed by atoms with Crippen LogP contribution in [0.1, 0.15) is 18.5 Å². The Balaban J connectivity index is 2.23. The molecule has 0 aliphatic rings. The van der Waals surface area contributed by atoms with Crippen molar-refractivity contribution in [2.45, 2.75) is 13.0 Å². The van der Waals surface area contributed by atoms with Gasteiger partial charge in [-0.2, -0.15) is 0 Å². The fourth-order valence-electron chi connectivity index (χ4n) is 1.60. The predicted molar refractivity (Wildman–Crippen MR) is 72.1 cm³/mol. The summed E-state index contributed by atoms with van der Waals surface area (Å²) in [6.07, 6.45) is 0. The van der Waals surface area contributed by atoms with E-state index >= 15 is 0 Å². The molecular weight excluding hydrogens is 250 g/mol. The molecule has 0 spiro atoms. The van der Waals surface area contributed by atoms with E-state index in [-0.39, 0.29) is 6.04 Å². The molecule has 0 heterocycles. The quantitative estimate of drug-likeness (QED) is 0.734. The van der Waals surface area contributed by atoms with Crippen LogP contribution >= 0.6 is 0 Å². The van der Waals surface area contributed by atoms with Crippen molar-refractivity contribution in [3.63, 3.8) is 0 Å². The molecule has 1 unspecified atom stereocenters. The molecule has 0 saturated carbocycles. The van der Waals surface area contributed by atoms with Crippen LogP contribution in [0, 0.1) is 11.6 Å². The van der Waals surface area contributed by atoms with Crippen LogP contribution in [0.5, 0.6) is 0 Å². The summed E-state index contributed by atoms with van der Waals surface area (Å²) in [6.45, 7) is 4.76. The van der Waals surface area contributed by atoms with Gasteiger partial charge < -0.3 is 15.0 Å². The lowest BCUT2D eigenvalue weighted by Gasteiger charge is -2.15. The highest BCUT2D eigenvalue weighted by atomic mass is 19.2. The highest BCUT2D eigenvalue weighted by Gasteiger charge is 2.08. The van der Waals surface area contributed by atoms with Crippen molar-refractivity contribution in [2.75, 3.05) is 40.4 Å². The zero-order chi connectivity index (χ0) is 14.3. The average Bonchev–Trinajstić information content (AvgIpc) is 2.36. The first-order valence-electron chi connectivity index (χ1n) is 6.41. The van der Waals surface area contributed by atoms with Crippen LogP contribution < -0.4 is 5.32 Å². The van der Waals surface area contributed by atoms with E-state index in [0.717, 1.165) is 18.2 Å². The summed E-state index contributed by atoms with van der Waals surface area (Å²) >= 11 is 0. The van der Waals surface area contributed by atoms with Gasteiger partial charge in [0.25, 0.3) is 0 Å². The molecule has 1 aromatic rings. The number of halogens is 2. The zero-order valence-electron chi connectivity index (χ0n) is 11.7. The molecule has 0 radical (unpaired) electrons. The Morgan fingerprint density at radius 1 is 1.21 bits per heavy atom. The first-order valence-corrected chi connectivity index (χ1v) is 6.41. The van der Waals surface area contributed by atoms with E-state index in [1.54, 1.807) is 6.07 Å². The van der Waals surface area contributed by atoms with Crippen LogP contribution in [-0.2, 0) is 4.74 Å². The van der Waals surface area contributed by atoms with Crippen molar-refractivity contribution in [1.29, 1.82) is 0 Å². The van der Waals surface area contributed by atoms with Crippen molar-refractivity contribution in [1.82, 2.24) is 10.2 Å². The lowest BCUT2D eigenvalue weighted by atomic mass is 10.1. The van der Waals surface area contributed by atoms with Gasteiger partial charge in [0.15, 0.2) is 11.6 Å². The summed E-state index contributed by atoms with van der Waals surface area (Å²) in [4.78, 5) is 2.05. The normalized spacial score (nSPS) is 12.9. The molecule has 1 aromatic carbocycles. The standard InChI is InChI=1S/C14H22F2N2O/c1-11(12-4-5-13(15)14(16)10-12)17-6-8-19-9-7-18(2)3/h4-5,10-11,17H,6-9H2,1-3H3. The SMILES string of the molecule is CC(NCCOCCN(C)C)c1ccc(F)c(F)c1. The summed E-state index contributed by atoms with van der Waals surface area (Å²) < 4.78 is 31.3. The highest BCUT2D eigenvalue weighted by Crippen LogP contribution is 2.15. The van der Waals surface area contributed by atoms with Gasteiger partial charge in [-0.05, 0) is 38.7 Å². The van der Waals surface area contributed by atoms with E-state index in [1.807, 2.05) is 21.0 Å². The minimum atomic E-state index is -0.817. The molecule has 0 amide bonds. The lowest BCUT2D eigenvalue weighted by Crippen LogP contribution is -2.25. The first kappa shape index (κ1) is 16.0. The molecule has 0 bridgehead atoms. The minimum Gasteiger partial charge on any atom is -0.379 e. The molecule has 0 aliphatic carbocycles. The van der Waals surface area contributed by atoms with Crippen molar-refractivity contribution in [2.24, 2.45) is 0 Å². The van der Waals surface area contributed by atoms with Gasteiger partial charge in [0.05, 0.1) is 13.2 Å². The number of ether oxygens (including phenoxy) is 1. The molecule has 108 valence electrons. The molecule has 1 atom stereocenters. The number of nitrogens with one attached hydrogen (secondary N) is 1. The van der Waals surface area contributed by atoms with Crippen molar-refractivity contribution in [3.05, 3.63) is 35.4 Å². The summed E-state index contributed by atoms with van der Waals surface area (Å²) in [5.41, 5.74) is 0.729. The first-order chi connectivity index (χ1) is 9.00. The largest absolute Gasteiger partial charge is 0.379 e. The van der Waals surface area contributed by atoms with E-state index in [0.29, 0.717) is 19.8 Å². The highest BCUT2D eigenvalue weighted by molar-refractivity contribution is 5.20. The van der Waals surface area contributed by atoms with E-state index in [2.05, 4.69) is 10.2 Å². The predicted octanol–water partition coefficient (Wildman–Crippen LogP) is 2.19. The molecule has 1 N–H and O–H groups in total. The number of likely N-dealkylation sites (N-methyl/N-ethyl adjacent to an activating group) is 1. The molecule has 19 heavy (non-hydrogen) atoms. The van der Waals surface area contributed by atoms with Crippen molar-refractivity contribution < 1.29 is 13.5 Å². The Labute approximate surface area is 113 Å². The molecule has 0 aliphatic heterocycles. The molecule has 0 saturated heterocycles. The number of hydrogen-bond acceptors (Lipinski definition) is 3. The molecule has 1 rings (SSSR count). The van der Waals surface area contributed by atoms with Crippen LogP contribution in [0.3, 0.4) is 0 Å². The Hall–Kier alpha value is -1.04. The molecule has 0 aromatic heterocycles. The van der Waals surface area contributed by atoms with Crippen LogP contribution in [0.25, 0.3) is 0 Å². The van der Waals surface area contributed by atoms with Gasteiger partial charge in [-0.3, -0.25) is 0 Å². The number of hydrogen-bond donors (Lipinski definition) is 1. The third kappa shape index (κ3) is 6.09.